The fourth-order valence-electron chi connectivity index (χ4n) is 3.15. The minimum atomic E-state index is -0.253. The number of ether oxygens (including phenoxy) is 1. The van der Waals surface area contributed by atoms with Gasteiger partial charge in [-0.15, -0.1) is 12.6 Å². The molecular formula is C17H22N2O3S. The lowest BCUT2D eigenvalue weighted by Gasteiger charge is -2.33. The van der Waals surface area contributed by atoms with Crippen molar-refractivity contribution < 1.29 is 14.3 Å². The van der Waals surface area contributed by atoms with E-state index in [0.717, 1.165) is 25.7 Å². The molecule has 2 fully saturated rings. The second-order valence-electron chi connectivity index (χ2n) is 6.09. The summed E-state index contributed by atoms with van der Waals surface area (Å²) in [5.41, 5.74) is 0.591. The average molecular weight is 334 g/mol. The van der Waals surface area contributed by atoms with Crippen LogP contribution in [0.15, 0.2) is 29.2 Å². The molecule has 0 radical (unpaired) electrons. The molecule has 2 amide bonds. The first-order valence-corrected chi connectivity index (χ1v) is 8.59. The zero-order valence-corrected chi connectivity index (χ0v) is 13.9. The Morgan fingerprint density at radius 2 is 1.91 bits per heavy atom. The molecule has 0 saturated carbocycles. The van der Waals surface area contributed by atoms with E-state index in [9.17, 15) is 9.59 Å². The number of nitrogens with zero attached hydrogens (tertiary/aromatic N) is 1. The smallest absolute Gasteiger partial charge is 0.252 e. The Balaban J connectivity index is 1.50. The molecule has 3 rings (SSSR count). The molecular weight excluding hydrogens is 312 g/mol. The number of hydrogen-bond donors (Lipinski definition) is 2. The molecule has 1 atom stereocenters. The van der Waals surface area contributed by atoms with Crippen molar-refractivity contribution in [1.29, 1.82) is 0 Å². The average Bonchev–Trinajstić information content (AvgIpc) is 3.09. The van der Waals surface area contributed by atoms with Crippen molar-refractivity contribution in [2.75, 3.05) is 19.7 Å². The standard InChI is InChI=1S/C17H22N2O3S/c20-16(13-4-1-2-6-15(13)23)18-12-7-9-19(10-8-12)17(21)14-5-3-11-22-14/h1-2,4,6,12,14,23H,3,5,7-11H2,(H,18,20). The summed E-state index contributed by atoms with van der Waals surface area (Å²) < 4.78 is 5.46. The predicted molar refractivity (Wildman–Crippen MR) is 89.7 cm³/mol. The Kier molecular flexibility index (Phi) is 5.23. The maximum absolute atomic E-state index is 12.3. The van der Waals surface area contributed by atoms with Crippen LogP contribution in [-0.4, -0.2) is 48.6 Å². The largest absolute Gasteiger partial charge is 0.368 e. The third-order valence-corrected chi connectivity index (χ3v) is 4.89. The maximum Gasteiger partial charge on any atom is 0.252 e. The summed E-state index contributed by atoms with van der Waals surface area (Å²) in [5.74, 6) is 0.00693. The highest BCUT2D eigenvalue weighted by Crippen LogP contribution is 2.19. The van der Waals surface area contributed by atoms with Crippen LogP contribution >= 0.6 is 12.6 Å². The predicted octanol–water partition coefficient (Wildman–Crippen LogP) is 1.88. The Labute approximate surface area is 141 Å². The van der Waals surface area contributed by atoms with E-state index in [-0.39, 0.29) is 24.0 Å². The van der Waals surface area contributed by atoms with Gasteiger partial charge in [-0.25, -0.2) is 0 Å². The Morgan fingerprint density at radius 3 is 2.57 bits per heavy atom. The molecule has 1 N–H and O–H groups in total. The van der Waals surface area contributed by atoms with Gasteiger partial charge in [-0.05, 0) is 37.8 Å². The molecule has 2 aliphatic rings. The number of benzene rings is 1. The Bertz CT molecular complexity index is 579. The molecule has 0 aromatic heterocycles. The highest BCUT2D eigenvalue weighted by Gasteiger charge is 2.31. The summed E-state index contributed by atoms with van der Waals surface area (Å²) in [6, 6.07) is 7.37. The molecule has 0 spiro atoms. The van der Waals surface area contributed by atoms with E-state index in [0.29, 0.717) is 30.2 Å². The van der Waals surface area contributed by atoms with E-state index >= 15 is 0 Å². The number of amides is 2. The lowest BCUT2D eigenvalue weighted by Crippen LogP contribution is -2.49. The minimum absolute atomic E-state index is 0.0977. The van der Waals surface area contributed by atoms with Gasteiger partial charge in [-0.1, -0.05) is 12.1 Å². The van der Waals surface area contributed by atoms with Gasteiger partial charge in [0.1, 0.15) is 6.10 Å². The first kappa shape index (κ1) is 16.3. The molecule has 0 bridgehead atoms. The van der Waals surface area contributed by atoms with Gasteiger partial charge >= 0.3 is 0 Å². The van der Waals surface area contributed by atoms with E-state index < -0.39 is 0 Å². The van der Waals surface area contributed by atoms with Crippen LogP contribution in [0, 0.1) is 0 Å². The molecule has 2 aliphatic heterocycles. The van der Waals surface area contributed by atoms with Gasteiger partial charge in [0.25, 0.3) is 11.8 Å². The second-order valence-corrected chi connectivity index (χ2v) is 6.57. The third-order valence-electron chi connectivity index (χ3n) is 4.50. The monoisotopic (exact) mass is 334 g/mol. The van der Waals surface area contributed by atoms with Gasteiger partial charge in [-0.3, -0.25) is 9.59 Å². The van der Waals surface area contributed by atoms with Gasteiger partial charge in [0.05, 0.1) is 5.56 Å². The van der Waals surface area contributed by atoms with Gasteiger partial charge in [0.15, 0.2) is 0 Å². The first-order chi connectivity index (χ1) is 11.1. The van der Waals surface area contributed by atoms with E-state index in [4.69, 9.17) is 4.74 Å². The summed E-state index contributed by atoms with van der Waals surface area (Å²) in [5, 5.41) is 3.05. The van der Waals surface area contributed by atoms with Crippen LogP contribution in [0.3, 0.4) is 0 Å². The molecule has 23 heavy (non-hydrogen) atoms. The molecule has 1 aromatic rings. The molecule has 5 nitrogen and oxygen atoms in total. The molecule has 2 heterocycles. The lowest BCUT2D eigenvalue weighted by atomic mass is 10.0. The van der Waals surface area contributed by atoms with Crippen molar-refractivity contribution in [3.05, 3.63) is 29.8 Å². The van der Waals surface area contributed by atoms with Crippen molar-refractivity contribution in [3.63, 3.8) is 0 Å². The number of likely N-dealkylation sites (tertiary alicyclic amines) is 1. The maximum atomic E-state index is 12.3. The van der Waals surface area contributed by atoms with Gasteiger partial charge in [-0.2, -0.15) is 0 Å². The van der Waals surface area contributed by atoms with Crippen LogP contribution in [0.4, 0.5) is 0 Å². The summed E-state index contributed by atoms with van der Waals surface area (Å²) in [6.07, 6.45) is 3.09. The van der Waals surface area contributed by atoms with Crippen LogP contribution in [0.25, 0.3) is 0 Å². The highest BCUT2D eigenvalue weighted by atomic mass is 32.1. The van der Waals surface area contributed by atoms with Crippen molar-refractivity contribution in [2.24, 2.45) is 0 Å². The summed E-state index contributed by atoms with van der Waals surface area (Å²) >= 11 is 4.32. The second kappa shape index (κ2) is 7.36. The summed E-state index contributed by atoms with van der Waals surface area (Å²) in [6.45, 7) is 2.03. The van der Waals surface area contributed by atoms with Crippen LogP contribution in [0.2, 0.25) is 0 Å². The van der Waals surface area contributed by atoms with Crippen LogP contribution in [0.1, 0.15) is 36.0 Å². The summed E-state index contributed by atoms with van der Waals surface area (Å²) in [4.78, 5) is 27.1. The number of carbonyl (C=O) groups excluding carboxylic acids is 2. The minimum Gasteiger partial charge on any atom is -0.368 e. The SMILES string of the molecule is O=C(NC1CCN(C(=O)C2CCCO2)CC1)c1ccccc1S. The zero-order chi connectivity index (χ0) is 16.2. The molecule has 0 aliphatic carbocycles. The number of hydrogen-bond acceptors (Lipinski definition) is 4. The Hall–Kier alpha value is -1.53. The van der Waals surface area contributed by atoms with E-state index in [1.165, 1.54) is 0 Å². The molecule has 1 unspecified atom stereocenters. The topological polar surface area (TPSA) is 58.6 Å². The van der Waals surface area contributed by atoms with Crippen LogP contribution in [-0.2, 0) is 9.53 Å². The molecule has 124 valence electrons. The fourth-order valence-corrected chi connectivity index (χ4v) is 3.41. The number of piperidine rings is 1. The van der Waals surface area contributed by atoms with Crippen molar-refractivity contribution >= 4 is 24.4 Å². The van der Waals surface area contributed by atoms with Gasteiger partial charge in [0, 0.05) is 30.6 Å². The normalized spacial score (nSPS) is 22.1. The zero-order valence-electron chi connectivity index (χ0n) is 13.0. The lowest BCUT2D eigenvalue weighted by molar-refractivity contribution is -0.142. The van der Waals surface area contributed by atoms with Crippen LogP contribution in [0.5, 0.6) is 0 Å². The van der Waals surface area contributed by atoms with Crippen molar-refractivity contribution in [2.45, 2.75) is 42.7 Å². The number of nitrogens with one attached hydrogen (secondary N) is 1. The quantitative estimate of drug-likeness (QED) is 0.830. The van der Waals surface area contributed by atoms with E-state index in [2.05, 4.69) is 17.9 Å². The fraction of sp³-hybridized carbons (Fsp3) is 0.529. The molecule has 6 heteroatoms. The van der Waals surface area contributed by atoms with Crippen LogP contribution < -0.4 is 5.32 Å². The van der Waals surface area contributed by atoms with Gasteiger partial charge in [0.2, 0.25) is 0 Å². The number of carbonyl (C=O) groups is 2. The van der Waals surface area contributed by atoms with Crippen molar-refractivity contribution in [1.82, 2.24) is 10.2 Å². The van der Waals surface area contributed by atoms with E-state index in [1.54, 1.807) is 12.1 Å². The summed E-state index contributed by atoms with van der Waals surface area (Å²) in [7, 11) is 0. The first-order valence-electron chi connectivity index (χ1n) is 8.14. The number of rotatable bonds is 3. The Morgan fingerprint density at radius 1 is 1.17 bits per heavy atom. The van der Waals surface area contributed by atoms with Crippen molar-refractivity contribution in [3.8, 4) is 0 Å². The number of thiol groups is 1. The highest BCUT2D eigenvalue weighted by molar-refractivity contribution is 7.80. The third kappa shape index (κ3) is 3.87. The van der Waals surface area contributed by atoms with E-state index in [1.807, 2.05) is 17.0 Å². The molecule has 2 saturated heterocycles. The molecule has 1 aromatic carbocycles. The van der Waals surface area contributed by atoms with Gasteiger partial charge < -0.3 is 15.0 Å².